The van der Waals surface area contributed by atoms with Crippen LogP contribution in [0.15, 0.2) is 48.5 Å². The first-order chi connectivity index (χ1) is 11.9. The maximum atomic E-state index is 12.2. The Kier molecular flexibility index (Phi) is 6.25. The number of rotatable bonds is 7. The molecule has 0 saturated carbocycles. The van der Waals surface area contributed by atoms with Crippen LogP contribution in [0.5, 0.6) is 0 Å². The zero-order valence-electron chi connectivity index (χ0n) is 14.7. The molecule has 0 spiro atoms. The zero-order valence-corrected chi connectivity index (χ0v) is 14.7. The van der Waals surface area contributed by atoms with E-state index in [1.165, 1.54) is 17.7 Å². The summed E-state index contributed by atoms with van der Waals surface area (Å²) >= 11 is 0. The second kappa shape index (κ2) is 8.39. The lowest BCUT2D eigenvalue weighted by Crippen LogP contribution is -2.30. The molecule has 1 N–H and O–H groups in total. The van der Waals surface area contributed by atoms with Gasteiger partial charge in [-0.3, -0.25) is 19.8 Å². The number of carbonyl (C=O) groups is 1. The Hall–Kier alpha value is -2.73. The third-order valence-corrected chi connectivity index (χ3v) is 3.89. The summed E-state index contributed by atoms with van der Waals surface area (Å²) in [5.41, 5.74) is 2.50. The van der Waals surface area contributed by atoms with Crippen molar-refractivity contribution in [3.05, 3.63) is 69.8 Å². The highest BCUT2D eigenvalue weighted by atomic mass is 16.6. The average Bonchev–Trinajstić information content (AvgIpc) is 2.55. The van der Waals surface area contributed by atoms with Crippen LogP contribution in [-0.2, 0) is 11.3 Å². The van der Waals surface area contributed by atoms with Gasteiger partial charge in [0.2, 0.25) is 5.91 Å². The van der Waals surface area contributed by atoms with Gasteiger partial charge < -0.3 is 5.32 Å². The number of benzene rings is 2. The predicted molar refractivity (Wildman–Crippen MR) is 98.6 cm³/mol. The van der Waals surface area contributed by atoms with Crippen LogP contribution < -0.4 is 5.32 Å². The lowest BCUT2D eigenvalue weighted by molar-refractivity contribution is -0.383. The van der Waals surface area contributed by atoms with E-state index in [4.69, 9.17) is 0 Å². The van der Waals surface area contributed by atoms with E-state index in [9.17, 15) is 14.9 Å². The maximum Gasteiger partial charge on any atom is 0.292 e. The Bertz CT molecular complexity index is 742. The van der Waals surface area contributed by atoms with Crippen LogP contribution in [0.2, 0.25) is 0 Å². The minimum absolute atomic E-state index is 0.109. The van der Waals surface area contributed by atoms with E-state index in [0.29, 0.717) is 12.5 Å². The molecule has 2 aromatic rings. The fourth-order valence-electron chi connectivity index (χ4n) is 2.55. The summed E-state index contributed by atoms with van der Waals surface area (Å²) in [7, 11) is 1.84. The number of amides is 1. The fourth-order valence-corrected chi connectivity index (χ4v) is 2.55. The van der Waals surface area contributed by atoms with Crippen LogP contribution in [0.4, 0.5) is 11.4 Å². The lowest BCUT2D eigenvalue weighted by atomic mass is 10.0. The second-order valence-electron chi connectivity index (χ2n) is 6.39. The van der Waals surface area contributed by atoms with Gasteiger partial charge in [-0.15, -0.1) is 0 Å². The molecule has 25 heavy (non-hydrogen) atoms. The van der Waals surface area contributed by atoms with Crippen molar-refractivity contribution in [2.45, 2.75) is 26.3 Å². The van der Waals surface area contributed by atoms with Gasteiger partial charge in [0, 0.05) is 12.6 Å². The number of nitrogens with one attached hydrogen (secondary N) is 1. The van der Waals surface area contributed by atoms with E-state index in [-0.39, 0.29) is 23.8 Å². The van der Waals surface area contributed by atoms with Crippen molar-refractivity contribution in [2.75, 3.05) is 18.9 Å². The highest BCUT2D eigenvalue weighted by Gasteiger charge is 2.15. The van der Waals surface area contributed by atoms with Crippen molar-refractivity contribution in [1.82, 2.24) is 4.90 Å². The first-order valence-electron chi connectivity index (χ1n) is 8.17. The molecule has 0 atom stereocenters. The van der Waals surface area contributed by atoms with Gasteiger partial charge in [-0.25, -0.2) is 0 Å². The molecule has 0 aromatic heterocycles. The molecule has 0 saturated heterocycles. The molecular formula is C19H23N3O3. The van der Waals surface area contributed by atoms with Gasteiger partial charge in [0.15, 0.2) is 0 Å². The van der Waals surface area contributed by atoms with Crippen molar-refractivity contribution in [1.29, 1.82) is 0 Å². The van der Waals surface area contributed by atoms with Gasteiger partial charge >= 0.3 is 0 Å². The highest BCUT2D eigenvalue weighted by Crippen LogP contribution is 2.23. The van der Waals surface area contributed by atoms with E-state index in [0.717, 1.165) is 5.56 Å². The van der Waals surface area contributed by atoms with Crippen LogP contribution in [0, 0.1) is 10.1 Å². The SMILES string of the molecule is CC(C)c1ccc(CN(C)CC(=O)Nc2ccccc2[N+](=O)[O-])cc1. The first-order valence-corrected chi connectivity index (χ1v) is 8.17. The zero-order chi connectivity index (χ0) is 18.4. The lowest BCUT2D eigenvalue weighted by Gasteiger charge is -2.17. The van der Waals surface area contributed by atoms with Crippen LogP contribution >= 0.6 is 0 Å². The van der Waals surface area contributed by atoms with Crippen LogP contribution in [0.1, 0.15) is 30.9 Å². The van der Waals surface area contributed by atoms with E-state index < -0.39 is 4.92 Å². The summed E-state index contributed by atoms with van der Waals surface area (Å²) in [5.74, 6) is 0.204. The average molecular weight is 341 g/mol. The van der Waals surface area contributed by atoms with E-state index >= 15 is 0 Å². The molecule has 6 heteroatoms. The van der Waals surface area contributed by atoms with Crippen molar-refractivity contribution < 1.29 is 9.72 Å². The van der Waals surface area contributed by atoms with Crippen molar-refractivity contribution in [3.8, 4) is 0 Å². The smallest absolute Gasteiger partial charge is 0.292 e. The minimum atomic E-state index is -0.504. The van der Waals surface area contributed by atoms with Crippen LogP contribution in [-0.4, -0.2) is 29.3 Å². The highest BCUT2D eigenvalue weighted by molar-refractivity contribution is 5.94. The number of para-hydroxylation sites is 2. The maximum absolute atomic E-state index is 12.2. The first kappa shape index (κ1) is 18.6. The van der Waals surface area contributed by atoms with Crippen molar-refractivity contribution >= 4 is 17.3 Å². The van der Waals surface area contributed by atoms with Gasteiger partial charge in [-0.2, -0.15) is 0 Å². The normalized spacial score (nSPS) is 10.9. The Morgan fingerprint density at radius 1 is 1.16 bits per heavy atom. The Labute approximate surface area is 147 Å². The summed E-state index contributed by atoms with van der Waals surface area (Å²) in [4.78, 5) is 24.5. The van der Waals surface area contributed by atoms with Gasteiger partial charge in [0.1, 0.15) is 5.69 Å². The molecule has 0 aliphatic rings. The fraction of sp³-hybridized carbons (Fsp3) is 0.316. The summed E-state index contributed by atoms with van der Waals surface area (Å²) in [6.45, 7) is 5.07. The molecule has 0 radical (unpaired) electrons. The topological polar surface area (TPSA) is 75.5 Å². The number of hydrogen-bond acceptors (Lipinski definition) is 4. The molecule has 132 valence electrons. The third-order valence-electron chi connectivity index (χ3n) is 3.89. The molecule has 0 unspecified atom stereocenters. The molecule has 1 amide bonds. The molecule has 0 bridgehead atoms. The summed E-state index contributed by atoms with van der Waals surface area (Å²) in [6.07, 6.45) is 0. The van der Waals surface area contributed by atoms with Gasteiger partial charge in [-0.05, 0) is 30.2 Å². The molecule has 0 aliphatic carbocycles. The number of hydrogen-bond donors (Lipinski definition) is 1. The standard InChI is InChI=1S/C19H23N3O3/c1-14(2)16-10-8-15(9-11-16)12-21(3)13-19(23)20-17-6-4-5-7-18(17)22(24)25/h4-11,14H,12-13H2,1-3H3,(H,20,23). The number of anilines is 1. The van der Waals surface area contributed by atoms with E-state index in [1.807, 2.05) is 11.9 Å². The number of nitrogens with zero attached hydrogens (tertiary/aromatic N) is 2. The molecule has 6 nitrogen and oxygen atoms in total. The Morgan fingerprint density at radius 2 is 1.80 bits per heavy atom. The van der Waals surface area contributed by atoms with Crippen molar-refractivity contribution in [3.63, 3.8) is 0 Å². The number of nitro groups is 1. The monoisotopic (exact) mass is 341 g/mol. The summed E-state index contributed by atoms with van der Waals surface area (Å²) in [6, 6.07) is 14.4. The van der Waals surface area contributed by atoms with Gasteiger partial charge in [0.05, 0.1) is 11.5 Å². The molecule has 2 rings (SSSR count). The number of likely N-dealkylation sites (N-methyl/N-ethyl adjacent to an activating group) is 1. The van der Waals surface area contributed by atoms with E-state index in [1.54, 1.807) is 12.1 Å². The summed E-state index contributed by atoms with van der Waals surface area (Å²) in [5, 5.41) is 13.6. The molecule has 0 heterocycles. The molecule has 2 aromatic carbocycles. The second-order valence-corrected chi connectivity index (χ2v) is 6.39. The largest absolute Gasteiger partial charge is 0.319 e. The molecule has 0 fully saturated rings. The number of carbonyl (C=O) groups excluding carboxylic acids is 1. The third kappa shape index (κ3) is 5.39. The number of nitro benzene ring substituents is 1. The van der Waals surface area contributed by atoms with E-state index in [2.05, 4.69) is 43.4 Å². The molecular weight excluding hydrogens is 318 g/mol. The Balaban J connectivity index is 1.93. The van der Waals surface area contributed by atoms with Gasteiger partial charge in [0.25, 0.3) is 5.69 Å². The minimum Gasteiger partial charge on any atom is -0.319 e. The van der Waals surface area contributed by atoms with Crippen molar-refractivity contribution in [2.24, 2.45) is 0 Å². The summed E-state index contributed by atoms with van der Waals surface area (Å²) < 4.78 is 0. The van der Waals surface area contributed by atoms with Crippen LogP contribution in [0.25, 0.3) is 0 Å². The predicted octanol–water partition coefficient (Wildman–Crippen LogP) is 3.79. The van der Waals surface area contributed by atoms with Crippen LogP contribution in [0.3, 0.4) is 0 Å². The quantitative estimate of drug-likeness (QED) is 0.614. The van der Waals surface area contributed by atoms with Gasteiger partial charge in [-0.1, -0.05) is 50.2 Å². The Morgan fingerprint density at radius 3 is 2.40 bits per heavy atom. The molecule has 0 aliphatic heterocycles.